The molecule has 0 aromatic carbocycles. The van der Waals surface area contributed by atoms with E-state index in [2.05, 4.69) is 34.3 Å². The summed E-state index contributed by atoms with van der Waals surface area (Å²) in [6.07, 6.45) is 5.68. The van der Waals surface area contributed by atoms with Crippen LogP contribution in [0.4, 0.5) is 5.95 Å². The van der Waals surface area contributed by atoms with Gasteiger partial charge in [0.25, 0.3) is 0 Å². The number of carbonyl (C=O) groups is 1. The minimum absolute atomic E-state index is 0.219. The van der Waals surface area contributed by atoms with Crippen molar-refractivity contribution in [3.63, 3.8) is 0 Å². The fraction of sp³-hybridized carbons (Fsp3) is 0.733. The van der Waals surface area contributed by atoms with E-state index in [0.29, 0.717) is 18.9 Å². The zero-order valence-corrected chi connectivity index (χ0v) is 13.1. The van der Waals surface area contributed by atoms with Gasteiger partial charge in [0, 0.05) is 26.1 Å². The van der Waals surface area contributed by atoms with Crippen molar-refractivity contribution >= 4 is 11.9 Å². The zero-order chi connectivity index (χ0) is 15.1. The average Bonchev–Trinajstić information content (AvgIpc) is 2.55. The van der Waals surface area contributed by atoms with Crippen LogP contribution in [0.15, 0.2) is 0 Å². The molecule has 116 valence electrons. The lowest BCUT2D eigenvalue weighted by atomic mass is 10.1. The molecule has 0 aliphatic carbocycles. The van der Waals surface area contributed by atoms with E-state index in [9.17, 15) is 4.79 Å². The van der Waals surface area contributed by atoms with Gasteiger partial charge in [0.05, 0.1) is 11.4 Å². The molecule has 1 aromatic rings. The number of piperidine rings is 1. The van der Waals surface area contributed by atoms with Gasteiger partial charge < -0.3 is 10.2 Å². The second-order valence-corrected chi connectivity index (χ2v) is 5.35. The summed E-state index contributed by atoms with van der Waals surface area (Å²) in [5.74, 6) is 0.742. The Balaban J connectivity index is 1.81. The van der Waals surface area contributed by atoms with Crippen LogP contribution in [-0.4, -0.2) is 45.6 Å². The molecule has 1 aromatic heterocycles. The van der Waals surface area contributed by atoms with Crippen molar-refractivity contribution in [1.82, 2.24) is 20.1 Å². The lowest BCUT2D eigenvalue weighted by Crippen LogP contribution is -2.36. The molecule has 6 heteroatoms. The van der Waals surface area contributed by atoms with E-state index in [-0.39, 0.29) is 5.91 Å². The van der Waals surface area contributed by atoms with Crippen molar-refractivity contribution < 1.29 is 4.79 Å². The van der Waals surface area contributed by atoms with Crippen LogP contribution in [0.1, 0.15) is 50.9 Å². The summed E-state index contributed by atoms with van der Waals surface area (Å²) in [6, 6.07) is 0. The van der Waals surface area contributed by atoms with E-state index in [4.69, 9.17) is 0 Å². The molecule has 0 unspecified atom stereocenters. The summed E-state index contributed by atoms with van der Waals surface area (Å²) in [6.45, 7) is 6.48. The maximum atomic E-state index is 12.0. The number of likely N-dealkylation sites (tertiary alicyclic amines) is 1. The molecule has 0 atom stereocenters. The average molecular weight is 291 g/mol. The monoisotopic (exact) mass is 291 g/mol. The van der Waals surface area contributed by atoms with Gasteiger partial charge in [-0.25, -0.2) is 4.98 Å². The first-order valence-corrected chi connectivity index (χ1v) is 7.98. The quantitative estimate of drug-likeness (QED) is 0.865. The summed E-state index contributed by atoms with van der Waals surface area (Å²) in [4.78, 5) is 18.5. The molecule has 2 rings (SSSR count). The molecule has 2 heterocycles. The smallest absolute Gasteiger partial charge is 0.242 e. The third-order valence-electron chi connectivity index (χ3n) is 3.84. The van der Waals surface area contributed by atoms with Crippen LogP contribution in [0, 0.1) is 0 Å². The molecule has 1 saturated heterocycles. The fourth-order valence-electron chi connectivity index (χ4n) is 2.60. The number of hydrogen-bond donors (Lipinski definition) is 1. The summed E-state index contributed by atoms with van der Waals surface area (Å²) in [5.41, 5.74) is 1.94. The molecular formula is C15H25N5O. The van der Waals surface area contributed by atoms with E-state index in [1.54, 1.807) is 0 Å². The van der Waals surface area contributed by atoms with Crippen LogP contribution in [0.2, 0.25) is 0 Å². The Morgan fingerprint density at radius 3 is 2.48 bits per heavy atom. The Morgan fingerprint density at radius 1 is 1.10 bits per heavy atom. The van der Waals surface area contributed by atoms with Crippen LogP contribution >= 0.6 is 0 Å². The van der Waals surface area contributed by atoms with Gasteiger partial charge >= 0.3 is 0 Å². The number of aromatic nitrogens is 3. The molecule has 1 amide bonds. The molecule has 1 aliphatic heterocycles. The van der Waals surface area contributed by atoms with Crippen molar-refractivity contribution in [2.75, 3.05) is 25.0 Å². The second-order valence-electron chi connectivity index (χ2n) is 5.35. The lowest BCUT2D eigenvalue weighted by Gasteiger charge is -2.26. The van der Waals surface area contributed by atoms with Gasteiger partial charge in [0.1, 0.15) is 0 Å². The van der Waals surface area contributed by atoms with Crippen LogP contribution in [0.25, 0.3) is 0 Å². The number of carbonyl (C=O) groups excluding carboxylic acids is 1. The first-order chi connectivity index (χ1) is 10.2. The highest BCUT2D eigenvalue weighted by atomic mass is 16.2. The highest BCUT2D eigenvalue weighted by molar-refractivity contribution is 5.76. The molecule has 0 saturated carbocycles. The Hall–Kier alpha value is -1.72. The van der Waals surface area contributed by atoms with Crippen molar-refractivity contribution in [2.45, 2.75) is 52.4 Å². The predicted octanol–water partition coefficient (Wildman–Crippen LogP) is 1.81. The van der Waals surface area contributed by atoms with Crippen LogP contribution in [-0.2, 0) is 17.6 Å². The largest absolute Gasteiger partial charge is 0.352 e. The van der Waals surface area contributed by atoms with Crippen molar-refractivity contribution in [2.24, 2.45) is 0 Å². The summed E-state index contributed by atoms with van der Waals surface area (Å²) in [5, 5.41) is 11.4. The van der Waals surface area contributed by atoms with Crippen LogP contribution < -0.4 is 5.32 Å². The molecule has 1 N–H and O–H groups in total. The molecule has 0 bridgehead atoms. The molecule has 6 nitrogen and oxygen atoms in total. The van der Waals surface area contributed by atoms with Gasteiger partial charge in [-0.3, -0.25) is 4.79 Å². The van der Waals surface area contributed by atoms with Gasteiger partial charge in [-0.2, -0.15) is 5.10 Å². The number of nitrogens with zero attached hydrogens (tertiary/aromatic N) is 4. The Morgan fingerprint density at radius 2 is 1.81 bits per heavy atom. The fourth-order valence-corrected chi connectivity index (χ4v) is 2.60. The Bertz CT molecular complexity index is 471. The van der Waals surface area contributed by atoms with E-state index >= 15 is 0 Å². The summed E-state index contributed by atoms with van der Waals surface area (Å²) >= 11 is 0. The number of aryl methyl sites for hydroxylation is 2. The van der Waals surface area contributed by atoms with E-state index in [0.717, 1.165) is 50.2 Å². The first-order valence-electron chi connectivity index (χ1n) is 7.98. The zero-order valence-electron chi connectivity index (χ0n) is 13.1. The highest BCUT2D eigenvalue weighted by Crippen LogP contribution is 2.10. The summed E-state index contributed by atoms with van der Waals surface area (Å²) in [7, 11) is 0. The first kappa shape index (κ1) is 15.7. The maximum absolute atomic E-state index is 12.0. The number of amides is 1. The SMILES string of the molecule is CCc1nnc(NCCC(=O)N2CCCCC2)nc1CC. The van der Waals surface area contributed by atoms with Gasteiger partial charge in [-0.1, -0.05) is 13.8 Å². The molecular weight excluding hydrogens is 266 g/mol. The third kappa shape index (κ3) is 4.37. The van der Waals surface area contributed by atoms with Crippen LogP contribution in [0.5, 0.6) is 0 Å². The highest BCUT2D eigenvalue weighted by Gasteiger charge is 2.16. The van der Waals surface area contributed by atoms with Gasteiger partial charge in [0.15, 0.2) is 0 Å². The lowest BCUT2D eigenvalue weighted by molar-refractivity contribution is -0.131. The van der Waals surface area contributed by atoms with Crippen molar-refractivity contribution in [1.29, 1.82) is 0 Å². The predicted molar refractivity (Wildman–Crippen MR) is 82.1 cm³/mol. The van der Waals surface area contributed by atoms with E-state index in [1.807, 2.05) is 4.90 Å². The molecule has 0 spiro atoms. The molecule has 1 aliphatic rings. The second kappa shape index (κ2) is 7.90. The van der Waals surface area contributed by atoms with Gasteiger partial charge in [-0.05, 0) is 32.1 Å². The molecule has 21 heavy (non-hydrogen) atoms. The number of rotatable bonds is 6. The van der Waals surface area contributed by atoms with Gasteiger partial charge in [-0.15, -0.1) is 5.10 Å². The topological polar surface area (TPSA) is 71.0 Å². The van der Waals surface area contributed by atoms with Crippen molar-refractivity contribution in [3.8, 4) is 0 Å². The number of nitrogens with one attached hydrogen (secondary N) is 1. The normalized spacial score (nSPS) is 15.0. The number of hydrogen-bond acceptors (Lipinski definition) is 5. The maximum Gasteiger partial charge on any atom is 0.242 e. The van der Waals surface area contributed by atoms with E-state index in [1.165, 1.54) is 6.42 Å². The van der Waals surface area contributed by atoms with E-state index < -0.39 is 0 Å². The van der Waals surface area contributed by atoms with Crippen molar-refractivity contribution in [3.05, 3.63) is 11.4 Å². The minimum Gasteiger partial charge on any atom is -0.352 e. The Kier molecular flexibility index (Phi) is 5.90. The molecule has 0 radical (unpaired) electrons. The molecule has 1 fully saturated rings. The third-order valence-corrected chi connectivity index (χ3v) is 3.84. The minimum atomic E-state index is 0.219. The van der Waals surface area contributed by atoms with Gasteiger partial charge in [0.2, 0.25) is 11.9 Å². The van der Waals surface area contributed by atoms with Crippen LogP contribution in [0.3, 0.4) is 0 Å². The summed E-state index contributed by atoms with van der Waals surface area (Å²) < 4.78 is 0. The standard InChI is InChI=1S/C15H25N5O/c1-3-12-13(4-2)18-19-15(17-12)16-9-8-14(21)20-10-6-5-7-11-20/h3-11H2,1-2H3,(H,16,17,19). The number of anilines is 1. The Labute approximate surface area is 126 Å².